The van der Waals surface area contributed by atoms with Gasteiger partial charge in [-0.05, 0) is 85.8 Å². The van der Waals surface area contributed by atoms with Crippen molar-refractivity contribution in [3.05, 3.63) is 76.4 Å². The van der Waals surface area contributed by atoms with Crippen LogP contribution in [0.3, 0.4) is 0 Å². The summed E-state index contributed by atoms with van der Waals surface area (Å²) in [6.45, 7) is 2.05. The number of unbranched alkanes of at least 4 members (excludes halogenated alkanes) is 1. The molecule has 4 heteroatoms. The second-order valence-corrected chi connectivity index (χ2v) is 7.72. The zero-order valence-electron chi connectivity index (χ0n) is 16.2. The van der Waals surface area contributed by atoms with Crippen molar-refractivity contribution in [1.29, 1.82) is 0 Å². The molecule has 0 nitrogen and oxygen atoms in total. The van der Waals surface area contributed by atoms with Crippen LogP contribution in [0.25, 0.3) is 6.08 Å². The number of halogens is 4. The molecule has 0 saturated heterocycles. The maximum Gasteiger partial charge on any atom is 0.159 e. The molecule has 0 heterocycles. The van der Waals surface area contributed by atoms with Gasteiger partial charge in [-0.25, -0.2) is 17.6 Å². The molecular weight excluding hydrogens is 364 g/mol. The summed E-state index contributed by atoms with van der Waals surface area (Å²) in [4.78, 5) is 0. The van der Waals surface area contributed by atoms with E-state index in [1.165, 1.54) is 24.3 Å². The van der Waals surface area contributed by atoms with Crippen LogP contribution < -0.4 is 0 Å². The monoisotopic (exact) mass is 390 g/mol. The predicted octanol–water partition coefficient (Wildman–Crippen LogP) is 7.57. The molecule has 1 aliphatic rings. The third-order valence-corrected chi connectivity index (χ3v) is 5.68. The summed E-state index contributed by atoms with van der Waals surface area (Å²) < 4.78 is 55.1. The minimum Gasteiger partial charge on any atom is -0.206 e. The van der Waals surface area contributed by atoms with E-state index in [1.54, 1.807) is 12.1 Å². The Balaban J connectivity index is 1.61. The number of hydrogen-bond acceptors (Lipinski definition) is 0. The molecule has 0 atom stereocenters. The van der Waals surface area contributed by atoms with E-state index < -0.39 is 23.3 Å². The lowest BCUT2D eigenvalue weighted by atomic mass is 9.78. The van der Waals surface area contributed by atoms with Crippen LogP contribution in [0.1, 0.15) is 68.1 Å². The van der Waals surface area contributed by atoms with Crippen LogP contribution in [0.15, 0.2) is 36.4 Å². The molecule has 0 N–H and O–H groups in total. The van der Waals surface area contributed by atoms with E-state index in [0.29, 0.717) is 12.0 Å². The van der Waals surface area contributed by atoms with Crippen molar-refractivity contribution in [1.82, 2.24) is 0 Å². The van der Waals surface area contributed by atoms with E-state index in [9.17, 15) is 17.6 Å². The lowest BCUT2D eigenvalue weighted by Gasteiger charge is -2.27. The van der Waals surface area contributed by atoms with E-state index in [0.717, 1.165) is 44.1 Å². The van der Waals surface area contributed by atoms with Gasteiger partial charge in [-0.15, -0.1) is 0 Å². The van der Waals surface area contributed by atoms with Gasteiger partial charge in [-0.3, -0.25) is 0 Å². The molecule has 2 aromatic carbocycles. The molecule has 0 aliphatic heterocycles. The maximum absolute atomic E-state index is 14.3. The van der Waals surface area contributed by atoms with E-state index in [1.807, 2.05) is 13.0 Å². The topological polar surface area (TPSA) is 0 Å². The van der Waals surface area contributed by atoms with E-state index in [2.05, 4.69) is 0 Å². The summed E-state index contributed by atoms with van der Waals surface area (Å²) in [5.41, 5.74) is 1.53. The fourth-order valence-electron chi connectivity index (χ4n) is 3.96. The summed E-state index contributed by atoms with van der Waals surface area (Å²) in [6, 6.07) is 6.95. The van der Waals surface area contributed by atoms with Crippen LogP contribution in [0.2, 0.25) is 0 Å². The number of allylic oxidation sites excluding steroid dienone is 1. The van der Waals surface area contributed by atoms with Crippen LogP contribution in [-0.4, -0.2) is 0 Å². The molecule has 0 bridgehead atoms. The molecule has 0 spiro atoms. The van der Waals surface area contributed by atoms with Crippen LogP contribution in [0.4, 0.5) is 17.6 Å². The van der Waals surface area contributed by atoms with Crippen molar-refractivity contribution in [2.45, 2.75) is 57.8 Å². The highest BCUT2D eigenvalue weighted by Gasteiger charge is 2.22. The summed E-state index contributed by atoms with van der Waals surface area (Å²) in [6.07, 6.45) is 9.43. The fraction of sp³-hybridized carbons (Fsp3) is 0.417. The van der Waals surface area contributed by atoms with Crippen molar-refractivity contribution < 1.29 is 17.6 Å². The van der Waals surface area contributed by atoms with Gasteiger partial charge in [0.15, 0.2) is 11.6 Å². The molecule has 28 heavy (non-hydrogen) atoms. The predicted molar refractivity (Wildman–Crippen MR) is 105 cm³/mol. The highest BCUT2D eigenvalue weighted by atomic mass is 19.2. The Bertz CT molecular complexity index is 809. The first-order valence-corrected chi connectivity index (χ1v) is 10.1. The third kappa shape index (κ3) is 5.03. The average Bonchev–Trinajstić information content (AvgIpc) is 2.68. The van der Waals surface area contributed by atoms with Crippen molar-refractivity contribution in [2.24, 2.45) is 5.92 Å². The molecule has 2 aromatic rings. The zero-order valence-corrected chi connectivity index (χ0v) is 16.2. The molecule has 0 radical (unpaired) electrons. The SMILES string of the molecule is CCCCc1cc(F)c(C=CC2CCC(c3ccc(F)c(F)c3)CC2)c(F)c1. The molecule has 1 fully saturated rings. The van der Waals surface area contributed by atoms with Crippen molar-refractivity contribution in [3.8, 4) is 0 Å². The van der Waals surface area contributed by atoms with Gasteiger partial charge in [-0.1, -0.05) is 31.6 Å². The summed E-state index contributed by atoms with van der Waals surface area (Å²) in [7, 11) is 0. The van der Waals surface area contributed by atoms with Gasteiger partial charge in [0.05, 0.1) is 0 Å². The number of benzene rings is 2. The van der Waals surface area contributed by atoms with Crippen LogP contribution in [0.5, 0.6) is 0 Å². The number of rotatable bonds is 6. The molecule has 1 saturated carbocycles. The Hall–Kier alpha value is -2.10. The smallest absolute Gasteiger partial charge is 0.159 e. The summed E-state index contributed by atoms with van der Waals surface area (Å²) in [5, 5.41) is 0. The quantitative estimate of drug-likeness (QED) is 0.446. The third-order valence-electron chi connectivity index (χ3n) is 5.68. The van der Waals surface area contributed by atoms with Gasteiger partial charge in [0, 0.05) is 5.56 Å². The van der Waals surface area contributed by atoms with Crippen molar-refractivity contribution in [3.63, 3.8) is 0 Å². The van der Waals surface area contributed by atoms with E-state index >= 15 is 0 Å². The molecule has 0 aromatic heterocycles. The minimum atomic E-state index is -0.829. The second-order valence-electron chi connectivity index (χ2n) is 7.72. The largest absolute Gasteiger partial charge is 0.206 e. The van der Waals surface area contributed by atoms with Gasteiger partial charge in [0.25, 0.3) is 0 Å². The molecule has 150 valence electrons. The van der Waals surface area contributed by atoms with Gasteiger partial charge in [0.1, 0.15) is 11.6 Å². The summed E-state index contributed by atoms with van der Waals surface area (Å²) >= 11 is 0. The van der Waals surface area contributed by atoms with Gasteiger partial charge in [0.2, 0.25) is 0 Å². The lowest BCUT2D eigenvalue weighted by Crippen LogP contribution is -2.12. The van der Waals surface area contributed by atoms with Gasteiger partial charge < -0.3 is 0 Å². The average molecular weight is 390 g/mol. The number of aryl methyl sites for hydroxylation is 1. The minimum absolute atomic E-state index is 0.0166. The number of hydrogen-bond donors (Lipinski definition) is 0. The highest BCUT2D eigenvalue weighted by molar-refractivity contribution is 5.52. The van der Waals surface area contributed by atoms with E-state index in [4.69, 9.17) is 0 Å². The van der Waals surface area contributed by atoms with E-state index in [-0.39, 0.29) is 17.4 Å². The zero-order chi connectivity index (χ0) is 20.1. The Kier molecular flexibility index (Phi) is 6.93. The van der Waals surface area contributed by atoms with Crippen LogP contribution in [-0.2, 0) is 6.42 Å². The molecule has 0 amide bonds. The van der Waals surface area contributed by atoms with Crippen LogP contribution >= 0.6 is 0 Å². The molecule has 0 unspecified atom stereocenters. The Morgan fingerprint density at radius 1 is 0.857 bits per heavy atom. The maximum atomic E-state index is 14.3. The first-order chi connectivity index (χ1) is 13.5. The normalized spacial score (nSPS) is 20.0. The Labute approximate surface area is 164 Å². The molecular formula is C24H26F4. The highest BCUT2D eigenvalue weighted by Crippen LogP contribution is 2.37. The first-order valence-electron chi connectivity index (χ1n) is 10.1. The van der Waals surface area contributed by atoms with Crippen LogP contribution in [0, 0.1) is 29.2 Å². The Morgan fingerprint density at radius 3 is 2.14 bits per heavy atom. The fourth-order valence-corrected chi connectivity index (χ4v) is 3.96. The van der Waals surface area contributed by atoms with Crippen molar-refractivity contribution in [2.75, 3.05) is 0 Å². The molecule has 1 aliphatic carbocycles. The Morgan fingerprint density at radius 2 is 1.54 bits per heavy atom. The molecule has 3 rings (SSSR count). The standard InChI is InChI=1S/C24H26F4/c1-2-3-4-17-13-22(26)20(23(27)14-17)11-7-16-5-8-18(9-6-16)19-10-12-21(25)24(28)15-19/h7,10-16,18H,2-6,8-9H2,1H3. The second kappa shape index (κ2) is 9.40. The summed E-state index contributed by atoms with van der Waals surface area (Å²) in [5.74, 6) is -2.24. The lowest BCUT2D eigenvalue weighted by molar-refractivity contribution is 0.375. The van der Waals surface area contributed by atoms with Gasteiger partial charge in [-0.2, -0.15) is 0 Å². The van der Waals surface area contributed by atoms with Crippen molar-refractivity contribution >= 4 is 6.08 Å². The first kappa shape index (κ1) is 20.6. The van der Waals surface area contributed by atoms with Gasteiger partial charge >= 0.3 is 0 Å².